The Balaban J connectivity index is 1.74. The molecule has 22 heavy (non-hydrogen) atoms. The van der Waals surface area contributed by atoms with E-state index in [-0.39, 0.29) is 12.1 Å². The number of hydrogen-bond donors (Lipinski definition) is 0. The van der Waals surface area contributed by atoms with Gasteiger partial charge in [0.15, 0.2) is 0 Å². The average molecular weight is 293 g/mol. The first-order valence-corrected chi connectivity index (χ1v) is 7.76. The van der Waals surface area contributed by atoms with Crippen molar-refractivity contribution in [2.75, 3.05) is 5.06 Å². The first-order chi connectivity index (χ1) is 10.7. The van der Waals surface area contributed by atoms with Gasteiger partial charge in [-0.25, -0.2) is 15.0 Å². The summed E-state index contributed by atoms with van der Waals surface area (Å²) in [6.45, 7) is 3.99. The summed E-state index contributed by atoms with van der Waals surface area (Å²) in [6, 6.07) is 12.7. The molecule has 0 radical (unpaired) electrons. The molecule has 0 amide bonds. The molecule has 2 aromatic rings. The Labute approximate surface area is 130 Å². The van der Waals surface area contributed by atoms with Gasteiger partial charge in [0, 0.05) is 11.4 Å². The van der Waals surface area contributed by atoms with E-state index in [1.165, 1.54) is 11.1 Å². The predicted molar refractivity (Wildman–Crippen MR) is 86.3 cm³/mol. The van der Waals surface area contributed by atoms with E-state index in [9.17, 15) is 0 Å². The summed E-state index contributed by atoms with van der Waals surface area (Å²) in [4.78, 5) is 15.2. The van der Waals surface area contributed by atoms with Crippen LogP contribution in [0.5, 0.6) is 0 Å². The average Bonchev–Trinajstić information content (AvgIpc) is 2.55. The molecule has 1 saturated heterocycles. The zero-order valence-electron chi connectivity index (χ0n) is 12.9. The highest BCUT2D eigenvalue weighted by molar-refractivity contribution is 5.74. The van der Waals surface area contributed by atoms with Gasteiger partial charge in [0.25, 0.3) is 5.95 Å². The number of nitrogens with zero attached hydrogens (tertiary/aromatic N) is 3. The summed E-state index contributed by atoms with van der Waals surface area (Å²) in [7, 11) is 0. The molecule has 2 aliphatic heterocycles. The summed E-state index contributed by atoms with van der Waals surface area (Å²) in [6.07, 6.45) is 4.50. The van der Waals surface area contributed by atoms with Crippen molar-refractivity contribution in [2.24, 2.45) is 0 Å². The van der Waals surface area contributed by atoms with Gasteiger partial charge < -0.3 is 0 Å². The fraction of sp³-hybridized carbons (Fsp3) is 0.333. The van der Waals surface area contributed by atoms with E-state index in [1.807, 2.05) is 31.0 Å². The summed E-state index contributed by atoms with van der Waals surface area (Å²) in [5.74, 6) is 0.675. The molecule has 112 valence electrons. The second-order valence-electron chi connectivity index (χ2n) is 6.00. The lowest BCUT2D eigenvalue weighted by Crippen LogP contribution is -2.48. The molecule has 0 spiro atoms. The second-order valence-corrected chi connectivity index (χ2v) is 6.00. The van der Waals surface area contributed by atoms with Crippen LogP contribution < -0.4 is 5.06 Å². The van der Waals surface area contributed by atoms with Gasteiger partial charge in [0.2, 0.25) is 0 Å². The third kappa shape index (κ3) is 2.29. The van der Waals surface area contributed by atoms with Crippen molar-refractivity contribution in [3.05, 3.63) is 59.4 Å². The van der Waals surface area contributed by atoms with Gasteiger partial charge in [-0.15, -0.1) is 0 Å². The summed E-state index contributed by atoms with van der Waals surface area (Å²) >= 11 is 0. The fourth-order valence-electron chi connectivity index (χ4n) is 3.33. The summed E-state index contributed by atoms with van der Waals surface area (Å²) in [5, 5.41) is 1.91. The molecular weight excluding hydrogens is 274 g/mol. The highest BCUT2D eigenvalue weighted by atomic mass is 16.7. The molecule has 4 heteroatoms. The van der Waals surface area contributed by atoms with E-state index >= 15 is 0 Å². The normalized spacial score (nSPS) is 23.5. The Hall–Kier alpha value is -2.20. The molecule has 0 saturated carbocycles. The monoisotopic (exact) mass is 293 g/mol. The quantitative estimate of drug-likeness (QED) is 0.850. The van der Waals surface area contributed by atoms with Crippen LogP contribution in [-0.2, 0) is 4.84 Å². The molecule has 1 aliphatic carbocycles. The van der Waals surface area contributed by atoms with Crippen molar-refractivity contribution in [2.45, 2.75) is 38.8 Å². The third-order valence-corrected chi connectivity index (χ3v) is 4.26. The Morgan fingerprint density at radius 2 is 1.77 bits per heavy atom. The van der Waals surface area contributed by atoms with E-state index < -0.39 is 0 Å². The minimum absolute atomic E-state index is 0.115. The summed E-state index contributed by atoms with van der Waals surface area (Å²) < 4.78 is 0. The zero-order valence-corrected chi connectivity index (χ0v) is 12.9. The topological polar surface area (TPSA) is 38.2 Å². The molecule has 5 rings (SSSR count). The van der Waals surface area contributed by atoms with E-state index in [1.54, 1.807) is 0 Å². The van der Waals surface area contributed by atoms with Crippen molar-refractivity contribution in [3.63, 3.8) is 0 Å². The van der Waals surface area contributed by atoms with Crippen molar-refractivity contribution >= 4 is 11.5 Å². The maximum absolute atomic E-state index is 6.07. The van der Waals surface area contributed by atoms with Crippen LogP contribution in [0.1, 0.15) is 29.8 Å². The molecular formula is C18H19N3O. The Morgan fingerprint density at radius 3 is 2.45 bits per heavy atom. The van der Waals surface area contributed by atoms with Gasteiger partial charge in [-0.1, -0.05) is 30.3 Å². The van der Waals surface area contributed by atoms with Crippen LogP contribution in [0.15, 0.2) is 42.5 Å². The molecule has 1 aromatic carbocycles. The SMILES string of the molecule is Cc1cc(C)nc(N2OC3C=C(c4ccccc4)C2CC3)n1. The lowest BCUT2D eigenvalue weighted by molar-refractivity contribution is 0.00428. The molecule has 2 atom stereocenters. The van der Waals surface area contributed by atoms with Crippen molar-refractivity contribution < 1.29 is 4.84 Å². The molecule has 3 heterocycles. The van der Waals surface area contributed by atoms with Gasteiger partial charge in [0.1, 0.15) is 6.10 Å². The van der Waals surface area contributed by atoms with E-state index in [0.29, 0.717) is 5.95 Å². The zero-order chi connectivity index (χ0) is 15.1. The van der Waals surface area contributed by atoms with Crippen LogP contribution in [0.3, 0.4) is 0 Å². The van der Waals surface area contributed by atoms with Crippen LogP contribution in [0, 0.1) is 13.8 Å². The van der Waals surface area contributed by atoms with Gasteiger partial charge in [0.05, 0.1) is 6.04 Å². The van der Waals surface area contributed by atoms with Crippen LogP contribution in [0.4, 0.5) is 5.95 Å². The second kappa shape index (κ2) is 5.21. The molecule has 0 N–H and O–H groups in total. The Kier molecular flexibility index (Phi) is 3.19. The number of rotatable bonds is 2. The third-order valence-electron chi connectivity index (χ3n) is 4.26. The number of anilines is 1. The maximum Gasteiger partial charge on any atom is 0.250 e. The Bertz CT molecular complexity index is 706. The lowest BCUT2D eigenvalue weighted by atomic mass is 9.86. The number of aryl methyl sites for hydroxylation is 2. The molecule has 4 nitrogen and oxygen atoms in total. The number of fused-ring (bicyclic) bond motifs is 2. The first kappa shape index (κ1) is 13.5. The fourth-order valence-corrected chi connectivity index (χ4v) is 3.33. The maximum atomic E-state index is 6.07. The number of benzene rings is 1. The molecule has 2 unspecified atom stereocenters. The number of aromatic nitrogens is 2. The minimum Gasteiger partial charge on any atom is -0.263 e. The standard InChI is InChI=1S/C18H19N3O/c1-12-10-13(2)20-18(19-12)21-17-9-8-15(22-21)11-16(17)14-6-4-3-5-7-14/h3-7,10-11,15,17H,8-9H2,1-2H3. The van der Waals surface area contributed by atoms with E-state index in [2.05, 4.69) is 40.3 Å². The highest BCUT2D eigenvalue weighted by Gasteiger charge is 2.38. The molecule has 3 aliphatic rings. The van der Waals surface area contributed by atoms with Crippen LogP contribution in [0.2, 0.25) is 0 Å². The van der Waals surface area contributed by atoms with Crippen LogP contribution in [-0.4, -0.2) is 22.1 Å². The molecule has 1 fully saturated rings. The minimum atomic E-state index is 0.115. The Morgan fingerprint density at radius 1 is 1.05 bits per heavy atom. The van der Waals surface area contributed by atoms with Crippen molar-refractivity contribution in [1.29, 1.82) is 0 Å². The van der Waals surface area contributed by atoms with Gasteiger partial charge in [-0.05, 0) is 50.0 Å². The van der Waals surface area contributed by atoms with Gasteiger partial charge in [-0.2, -0.15) is 0 Å². The van der Waals surface area contributed by atoms with Crippen LogP contribution >= 0.6 is 0 Å². The smallest absolute Gasteiger partial charge is 0.250 e. The van der Waals surface area contributed by atoms with Gasteiger partial charge >= 0.3 is 0 Å². The number of hydrogen-bond acceptors (Lipinski definition) is 4. The molecule has 1 aromatic heterocycles. The summed E-state index contributed by atoms with van der Waals surface area (Å²) in [5.41, 5.74) is 4.52. The highest BCUT2D eigenvalue weighted by Crippen LogP contribution is 2.39. The van der Waals surface area contributed by atoms with E-state index in [4.69, 9.17) is 4.84 Å². The van der Waals surface area contributed by atoms with Crippen molar-refractivity contribution in [1.82, 2.24) is 9.97 Å². The van der Waals surface area contributed by atoms with E-state index in [0.717, 1.165) is 24.2 Å². The molecule has 2 bridgehead atoms. The predicted octanol–water partition coefficient (Wildman–Crippen LogP) is 3.46. The van der Waals surface area contributed by atoms with Crippen molar-refractivity contribution in [3.8, 4) is 0 Å². The number of hydroxylamine groups is 1. The largest absolute Gasteiger partial charge is 0.263 e. The van der Waals surface area contributed by atoms with Crippen LogP contribution in [0.25, 0.3) is 5.57 Å². The van der Waals surface area contributed by atoms with Gasteiger partial charge in [-0.3, -0.25) is 4.84 Å². The first-order valence-electron chi connectivity index (χ1n) is 7.76. The lowest BCUT2D eigenvalue weighted by Gasteiger charge is -2.43.